The Balaban J connectivity index is 1.93. The van der Waals surface area contributed by atoms with Crippen LogP contribution in [0.1, 0.15) is 24.3 Å². The molecule has 0 fully saturated rings. The van der Waals surface area contributed by atoms with Gasteiger partial charge < -0.3 is 14.6 Å². The van der Waals surface area contributed by atoms with Crippen LogP contribution in [0.15, 0.2) is 54.0 Å². The monoisotopic (exact) mass is 408 g/mol. The van der Waals surface area contributed by atoms with Crippen molar-refractivity contribution in [2.45, 2.75) is 13.8 Å². The number of hydrogen-bond donors (Lipinski definition) is 1. The predicted molar refractivity (Wildman–Crippen MR) is 113 cm³/mol. The fourth-order valence-electron chi connectivity index (χ4n) is 3.23. The molecule has 4 aromatic rings. The van der Waals surface area contributed by atoms with Gasteiger partial charge in [-0.25, -0.2) is 9.78 Å². The van der Waals surface area contributed by atoms with Gasteiger partial charge in [-0.15, -0.1) is 11.3 Å². The Labute approximate surface area is 172 Å². The molecule has 0 saturated heterocycles. The molecule has 0 atom stereocenters. The summed E-state index contributed by atoms with van der Waals surface area (Å²) in [5.74, 6) is 0.404. The van der Waals surface area contributed by atoms with Gasteiger partial charge in [0.1, 0.15) is 11.5 Å². The lowest BCUT2D eigenvalue weighted by Crippen LogP contribution is -2.00. The smallest absolute Gasteiger partial charge is 0.356 e. The second-order valence-corrected chi connectivity index (χ2v) is 7.12. The molecule has 0 spiro atoms. The van der Waals surface area contributed by atoms with Gasteiger partial charge in [0, 0.05) is 22.7 Å². The number of nitrogens with zero attached hydrogens (tertiary/aromatic N) is 2. The van der Waals surface area contributed by atoms with Gasteiger partial charge in [-0.1, -0.05) is 30.3 Å². The summed E-state index contributed by atoms with van der Waals surface area (Å²) in [5.41, 5.74) is 3.64. The minimum atomic E-state index is -1.05. The van der Waals surface area contributed by atoms with Crippen LogP contribution in [0.25, 0.3) is 27.3 Å². The number of benzene rings is 2. The molecule has 4 rings (SSSR count). The molecule has 2 heterocycles. The normalized spacial score (nSPS) is 11.0. The third-order valence-electron chi connectivity index (χ3n) is 4.47. The number of ether oxygens (including phenoxy) is 2. The van der Waals surface area contributed by atoms with Crippen molar-refractivity contribution >= 4 is 22.3 Å². The number of imidazole rings is 1. The second kappa shape index (κ2) is 7.97. The van der Waals surface area contributed by atoms with Crippen LogP contribution >= 0.6 is 11.3 Å². The van der Waals surface area contributed by atoms with Crippen molar-refractivity contribution in [3.05, 3.63) is 59.7 Å². The van der Waals surface area contributed by atoms with E-state index < -0.39 is 5.97 Å². The third kappa shape index (κ3) is 3.56. The topological polar surface area (TPSA) is 73.1 Å². The van der Waals surface area contributed by atoms with E-state index in [4.69, 9.17) is 9.47 Å². The Bertz CT molecular complexity index is 1160. The zero-order valence-electron chi connectivity index (χ0n) is 16.1. The number of thiazole rings is 1. The molecule has 6 nitrogen and oxygen atoms in total. The average Bonchev–Trinajstić information content (AvgIpc) is 3.31. The van der Waals surface area contributed by atoms with Crippen molar-refractivity contribution < 1.29 is 19.4 Å². The van der Waals surface area contributed by atoms with Crippen molar-refractivity contribution in [2.75, 3.05) is 13.2 Å². The molecular formula is C22H20N2O4S. The quantitative estimate of drug-likeness (QED) is 0.454. The molecular weight excluding hydrogens is 388 g/mol. The van der Waals surface area contributed by atoms with E-state index in [0.29, 0.717) is 23.9 Å². The van der Waals surface area contributed by atoms with Crippen LogP contribution in [0, 0.1) is 0 Å². The van der Waals surface area contributed by atoms with Gasteiger partial charge in [-0.3, -0.25) is 4.40 Å². The Hall–Kier alpha value is -3.32. The van der Waals surface area contributed by atoms with Crippen LogP contribution in [0.4, 0.5) is 0 Å². The summed E-state index contributed by atoms with van der Waals surface area (Å²) in [7, 11) is 0. The molecule has 0 bridgehead atoms. The maximum Gasteiger partial charge on any atom is 0.356 e. The largest absolute Gasteiger partial charge is 0.493 e. The standard InChI is InChI=1S/C22H20N2O4S/c1-3-27-19-11-16(18-13-29-22-23-17(21(25)26)12-24(18)22)20(28-4-2)10-15(19)14-8-6-5-7-9-14/h5-13H,3-4H2,1-2H3,(H,25,26). The number of fused-ring (bicyclic) bond motifs is 1. The Morgan fingerprint density at radius 2 is 1.72 bits per heavy atom. The van der Waals surface area contributed by atoms with E-state index in [2.05, 4.69) is 4.98 Å². The van der Waals surface area contributed by atoms with Gasteiger partial charge >= 0.3 is 5.97 Å². The van der Waals surface area contributed by atoms with Gasteiger partial charge in [0.05, 0.1) is 18.9 Å². The first kappa shape index (κ1) is 19.0. The van der Waals surface area contributed by atoms with Crippen LogP contribution in [-0.2, 0) is 0 Å². The first-order chi connectivity index (χ1) is 14.1. The summed E-state index contributed by atoms with van der Waals surface area (Å²) in [6, 6.07) is 14.0. The van der Waals surface area contributed by atoms with Crippen molar-refractivity contribution in [1.82, 2.24) is 9.38 Å². The zero-order chi connectivity index (χ0) is 20.4. The summed E-state index contributed by atoms with van der Waals surface area (Å²) in [5, 5.41) is 11.2. The van der Waals surface area contributed by atoms with Crippen LogP contribution in [0.3, 0.4) is 0 Å². The molecule has 1 N–H and O–H groups in total. The van der Waals surface area contributed by atoms with Gasteiger partial charge in [0.25, 0.3) is 0 Å². The fourth-order valence-corrected chi connectivity index (χ4v) is 4.11. The number of hydrogen-bond acceptors (Lipinski definition) is 5. The number of aromatic carboxylic acids is 1. The lowest BCUT2D eigenvalue weighted by atomic mass is 10.0. The van der Waals surface area contributed by atoms with Gasteiger partial charge in [0.15, 0.2) is 10.7 Å². The first-order valence-corrected chi connectivity index (χ1v) is 10.2. The molecule has 2 aromatic heterocycles. The summed E-state index contributed by atoms with van der Waals surface area (Å²) >= 11 is 1.39. The molecule has 29 heavy (non-hydrogen) atoms. The van der Waals surface area contributed by atoms with Gasteiger partial charge in [-0.05, 0) is 31.5 Å². The number of rotatable bonds is 7. The van der Waals surface area contributed by atoms with Crippen LogP contribution in [-0.4, -0.2) is 33.7 Å². The SMILES string of the molecule is CCOc1cc(-c2csc3nc(C(=O)O)cn23)c(OCC)cc1-c1ccccc1. The first-order valence-electron chi connectivity index (χ1n) is 9.31. The minimum Gasteiger partial charge on any atom is -0.493 e. The maximum absolute atomic E-state index is 11.3. The molecule has 7 heteroatoms. The highest BCUT2D eigenvalue weighted by atomic mass is 32.1. The Kier molecular flexibility index (Phi) is 5.22. The van der Waals surface area contributed by atoms with Crippen molar-refractivity contribution in [3.8, 4) is 33.9 Å². The van der Waals surface area contributed by atoms with E-state index in [1.807, 2.05) is 61.7 Å². The number of carboxylic acids is 1. The van der Waals surface area contributed by atoms with E-state index in [1.54, 1.807) is 4.40 Å². The molecule has 0 unspecified atom stereocenters. The Morgan fingerprint density at radius 3 is 2.38 bits per heavy atom. The van der Waals surface area contributed by atoms with E-state index in [-0.39, 0.29) is 5.69 Å². The average molecular weight is 408 g/mol. The van der Waals surface area contributed by atoms with Crippen molar-refractivity contribution in [3.63, 3.8) is 0 Å². The number of carbonyl (C=O) groups is 1. The van der Waals surface area contributed by atoms with Crippen LogP contribution in [0.5, 0.6) is 11.5 Å². The lowest BCUT2D eigenvalue weighted by Gasteiger charge is -2.17. The summed E-state index contributed by atoms with van der Waals surface area (Å²) < 4.78 is 13.7. The summed E-state index contributed by atoms with van der Waals surface area (Å²) in [6.45, 7) is 4.92. The molecule has 0 aliphatic heterocycles. The van der Waals surface area contributed by atoms with Gasteiger partial charge in [-0.2, -0.15) is 0 Å². The molecule has 0 amide bonds. The van der Waals surface area contributed by atoms with E-state index >= 15 is 0 Å². The van der Waals surface area contributed by atoms with Crippen molar-refractivity contribution in [1.29, 1.82) is 0 Å². The van der Waals surface area contributed by atoms with E-state index in [1.165, 1.54) is 17.5 Å². The summed E-state index contributed by atoms with van der Waals surface area (Å²) in [6.07, 6.45) is 1.53. The third-order valence-corrected chi connectivity index (χ3v) is 5.31. The number of carboxylic acid groups (broad SMARTS) is 1. The van der Waals surface area contributed by atoms with E-state index in [9.17, 15) is 9.90 Å². The fraction of sp³-hybridized carbons (Fsp3) is 0.182. The molecule has 0 aliphatic carbocycles. The molecule has 2 aromatic carbocycles. The molecule has 148 valence electrons. The van der Waals surface area contributed by atoms with Gasteiger partial charge in [0.2, 0.25) is 0 Å². The van der Waals surface area contributed by atoms with Crippen LogP contribution < -0.4 is 9.47 Å². The number of aromatic nitrogens is 2. The zero-order valence-corrected chi connectivity index (χ0v) is 16.9. The predicted octanol–water partition coefficient (Wildman–Crippen LogP) is 5.23. The maximum atomic E-state index is 11.3. The highest BCUT2D eigenvalue weighted by molar-refractivity contribution is 7.15. The molecule has 0 radical (unpaired) electrons. The molecule has 0 saturated carbocycles. The van der Waals surface area contributed by atoms with Crippen LogP contribution in [0.2, 0.25) is 0 Å². The molecule has 0 aliphatic rings. The lowest BCUT2D eigenvalue weighted by molar-refractivity contribution is 0.0691. The van der Waals surface area contributed by atoms with E-state index in [0.717, 1.165) is 28.1 Å². The summed E-state index contributed by atoms with van der Waals surface area (Å²) in [4.78, 5) is 16.1. The Morgan fingerprint density at radius 1 is 1.07 bits per heavy atom. The minimum absolute atomic E-state index is 0.0157. The second-order valence-electron chi connectivity index (χ2n) is 6.28. The van der Waals surface area contributed by atoms with Crippen molar-refractivity contribution in [2.24, 2.45) is 0 Å². The highest BCUT2D eigenvalue weighted by Crippen LogP contribution is 2.42. The highest BCUT2D eigenvalue weighted by Gasteiger charge is 2.19.